The van der Waals surface area contributed by atoms with Gasteiger partial charge < -0.3 is 0 Å². The summed E-state index contributed by atoms with van der Waals surface area (Å²) in [6.07, 6.45) is 2.84. The van der Waals surface area contributed by atoms with Gasteiger partial charge in [0.15, 0.2) is 0 Å². The van der Waals surface area contributed by atoms with Crippen LogP contribution in [0, 0.1) is 0 Å². The van der Waals surface area contributed by atoms with Gasteiger partial charge in [-0.15, -0.1) is 22.7 Å². The number of nitrogens with two attached hydrogens (primary N) is 1. The van der Waals surface area contributed by atoms with Crippen LogP contribution in [0.3, 0.4) is 0 Å². The van der Waals surface area contributed by atoms with Crippen molar-refractivity contribution in [2.75, 3.05) is 0 Å². The first kappa shape index (κ1) is 13.8. The highest BCUT2D eigenvalue weighted by atomic mass is 32.1. The molecule has 3 aromatic rings. The summed E-state index contributed by atoms with van der Waals surface area (Å²) in [6.45, 7) is 4.26. The topological polar surface area (TPSA) is 55.9 Å². The minimum atomic E-state index is 0.120. The number of aromatic nitrogens is 2. The Hall–Kier alpha value is -1.21. The first-order valence-electron chi connectivity index (χ1n) is 6.64. The van der Waals surface area contributed by atoms with Gasteiger partial charge in [0.1, 0.15) is 0 Å². The molecule has 0 aromatic carbocycles. The molecule has 106 valence electrons. The highest BCUT2D eigenvalue weighted by molar-refractivity contribution is 7.26. The molecule has 6 heteroatoms. The number of fused-ring (bicyclic) bond motifs is 1. The molecule has 20 heavy (non-hydrogen) atoms. The highest BCUT2D eigenvalue weighted by Gasteiger charge is 2.16. The standard InChI is InChI=1S/C14H18N4S2/c1-9(2)18-5-3-10(17-18)7-11(16-15)13-8-14-12(20-13)4-6-19-14/h3-6,8-9,11,16H,7,15H2,1-2H3. The van der Waals surface area contributed by atoms with Crippen molar-refractivity contribution in [1.82, 2.24) is 15.2 Å². The molecule has 0 fully saturated rings. The Labute approximate surface area is 126 Å². The molecule has 0 radical (unpaired) electrons. The third-order valence-electron chi connectivity index (χ3n) is 3.31. The predicted octanol–water partition coefficient (Wildman–Crippen LogP) is 3.49. The molecule has 0 amide bonds. The van der Waals surface area contributed by atoms with Crippen molar-refractivity contribution in [3.8, 4) is 0 Å². The molecule has 0 aliphatic rings. The predicted molar refractivity (Wildman–Crippen MR) is 86.1 cm³/mol. The molecule has 0 aliphatic carbocycles. The number of nitrogens with zero attached hydrogens (tertiary/aromatic N) is 2. The molecule has 0 aliphatic heterocycles. The van der Waals surface area contributed by atoms with E-state index < -0.39 is 0 Å². The van der Waals surface area contributed by atoms with Gasteiger partial charge in [-0.1, -0.05) is 0 Å². The lowest BCUT2D eigenvalue weighted by Crippen LogP contribution is -2.29. The van der Waals surface area contributed by atoms with E-state index in [2.05, 4.69) is 48.0 Å². The first-order valence-corrected chi connectivity index (χ1v) is 8.34. The maximum atomic E-state index is 5.74. The van der Waals surface area contributed by atoms with Crippen LogP contribution in [0.5, 0.6) is 0 Å². The van der Waals surface area contributed by atoms with E-state index in [0.717, 1.165) is 12.1 Å². The van der Waals surface area contributed by atoms with Crippen LogP contribution in [0.15, 0.2) is 29.8 Å². The van der Waals surface area contributed by atoms with Gasteiger partial charge >= 0.3 is 0 Å². The monoisotopic (exact) mass is 306 g/mol. The number of hydrogen-bond acceptors (Lipinski definition) is 5. The fraction of sp³-hybridized carbons (Fsp3) is 0.357. The minimum Gasteiger partial charge on any atom is -0.271 e. The second-order valence-corrected chi connectivity index (χ2v) is 7.17. The Morgan fingerprint density at radius 3 is 2.85 bits per heavy atom. The van der Waals surface area contributed by atoms with E-state index in [1.54, 1.807) is 22.7 Å². The average molecular weight is 306 g/mol. The Balaban J connectivity index is 1.80. The Kier molecular flexibility index (Phi) is 3.89. The van der Waals surface area contributed by atoms with Crippen LogP contribution in [0.4, 0.5) is 0 Å². The van der Waals surface area contributed by atoms with Crippen molar-refractivity contribution in [1.29, 1.82) is 0 Å². The van der Waals surface area contributed by atoms with Crippen molar-refractivity contribution in [2.24, 2.45) is 5.84 Å². The van der Waals surface area contributed by atoms with Crippen LogP contribution in [0.2, 0.25) is 0 Å². The zero-order chi connectivity index (χ0) is 14.1. The quantitative estimate of drug-likeness (QED) is 0.560. The van der Waals surface area contributed by atoms with Crippen LogP contribution in [0.25, 0.3) is 9.40 Å². The highest BCUT2D eigenvalue weighted by Crippen LogP contribution is 2.34. The molecule has 0 spiro atoms. The summed E-state index contributed by atoms with van der Waals surface area (Å²) in [5, 5.41) is 6.72. The third-order valence-corrected chi connectivity index (χ3v) is 5.52. The van der Waals surface area contributed by atoms with Gasteiger partial charge in [-0.2, -0.15) is 5.10 Å². The summed E-state index contributed by atoms with van der Waals surface area (Å²) in [7, 11) is 0. The van der Waals surface area contributed by atoms with E-state index in [9.17, 15) is 0 Å². The summed E-state index contributed by atoms with van der Waals surface area (Å²) >= 11 is 3.57. The summed E-state index contributed by atoms with van der Waals surface area (Å²) in [5.74, 6) is 5.74. The van der Waals surface area contributed by atoms with Crippen LogP contribution < -0.4 is 11.3 Å². The zero-order valence-electron chi connectivity index (χ0n) is 11.5. The van der Waals surface area contributed by atoms with Crippen LogP contribution >= 0.6 is 22.7 Å². The maximum absolute atomic E-state index is 5.74. The lowest BCUT2D eigenvalue weighted by Gasteiger charge is -2.12. The molecule has 0 bridgehead atoms. The smallest absolute Gasteiger partial charge is 0.0644 e. The molecule has 3 heterocycles. The average Bonchev–Trinajstić information content (AvgIpc) is 3.10. The lowest BCUT2D eigenvalue weighted by molar-refractivity contribution is 0.509. The number of thiophene rings is 2. The van der Waals surface area contributed by atoms with Gasteiger partial charge in [0.05, 0.1) is 11.7 Å². The molecule has 3 aromatic heterocycles. The summed E-state index contributed by atoms with van der Waals surface area (Å²) in [5.41, 5.74) is 3.99. The molecular weight excluding hydrogens is 288 g/mol. The Bertz CT molecular complexity index is 666. The first-order chi connectivity index (χ1) is 9.67. The maximum Gasteiger partial charge on any atom is 0.0644 e. The van der Waals surface area contributed by atoms with Gasteiger partial charge in [0.25, 0.3) is 0 Å². The molecule has 1 unspecified atom stereocenters. The van der Waals surface area contributed by atoms with Gasteiger partial charge in [0.2, 0.25) is 0 Å². The number of hydrogen-bond donors (Lipinski definition) is 2. The van der Waals surface area contributed by atoms with Crippen LogP contribution in [0.1, 0.15) is 36.5 Å². The summed E-state index contributed by atoms with van der Waals surface area (Å²) in [4.78, 5) is 1.27. The van der Waals surface area contributed by atoms with Gasteiger partial charge in [-0.25, -0.2) is 0 Å². The van der Waals surface area contributed by atoms with E-state index in [0.29, 0.717) is 6.04 Å². The van der Waals surface area contributed by atoms with Crippen molar-refractivity contribution in [3.63, 3.8) is 0 Å². The lowest BCUT2D eigenvalue weighted by atomic mass is 10.1. The zero-order valence-corrected chi connectivity index (χ0v) is 13.2. The second kappa shape index (κ2) is 5.65. The van der Waals surface area contributed by atoms with Crippen molar-refractivity contribution >= 4 is 32.1 Å². The van der Waals surface area contributed by atoms with E-state index in [1.165, 1.54) is 14.3 Å². The van der Waals surface area contributed by atoms with Crippen LogP contribution in [-0.4, -0.2) is 9.78 Å². The fourth-order valence-electron chi connectivity index (χ4n) is 2.18. The Morgan fingerprint density at radius 1 is 1.35 bits per heavy atom. The summed E-state index contributed by atoms with van der Waals surface area (Å²) in [6, 6.07) is 6.97. The molecule has 3 rings (SSSR count). The van der Waals surface area contributed by atoms with Crippen molar-refractivity contribution in [3.05, 3.63) is 40.3 Å². The van der Waals surface area contributed by atoms with E-state index in [-0.39, 0.29) is 6.04 Å². The van der Waals surface area contributed by atoms with E-state index >= 15 is 0 Å². The molecule has 0 saturated heterocycles. The number of rotatable bonds is 5. The van der Waals surface area contributed by atoms with Crippen molar-refractivity contribution in [2.45, 2.75) is 32.4 Å². The molecule has 3 N–H and O–H groups in total. The molecule has 4 nitrogen and oxygen atoms in total. The van der Waals surface area contributed by atoms with Gasteiger partial charge in [-0.05, 0) is 37.4 Å². The fourth-order valence-corrected chi connectivity index (χ4v) is 4.36. The van der Waals surface area contributed by atoms with Crippen LogP contribution in [-0.2, 0) is 6.42 Å². The largest absolute Gasteiger partial charge is 0.271 e. The normalized spacial score (nSPS) is 13.4. The molecule has 1 atom stereocenters. The summed E-state index contributed by atoms with van der Waals surface area (Å²) < 4.78 is 4.64. The van der Waals surface area contributed by atoms with E-state index in [1.807, 2.05) is 10.9 Å². The third kappa shape index (κ3) is 2.64. The Morgan fingerprint density at radius 2 is 2.20 bits per heavy atom. The second-order valence-electron chi connectivity index (χ2n) is 5.10. The minimum absolute atomic E-state index is 0.120. The number of nitrogens with one attached hydrogen (secondary N) is 1. The van der Waals surface area contributed by atoms with E-state index in [4.69, 9.17) is 5.84 Å². The number of hydrazine groups is 1. The van der Waals surface area contributed by atoms with Crippen molar-refractivity contribution < 1.29 is 0 Å². The van der Waals surface area contributed by atoms with Gasteiger partial charge in [0, 0.05) is 32.9 Å². The SMILES string of the molecule is CC(C)n1ccc(CC(NN)c2cc3sccc3s2)n1. The van der Waals surface area contributed by atoms with Gasteiger partial charge in [-0.3, -0.25) is 16.0 Å². The molecular formula is C14H18N4S2. The molecule has 0 saturated carbocycles.